The van der Waals surface area contributed by atoms with E-state index in [1.54, 1.807) is 0 Å². The predicted octanol–water partition coefficient (Wildman–Crippen LogP) is 8.58. The molecule has 0 aliphatic carbocycles. The minimum Gasteiger partial charge on any atom is -0.475 e. The molecule has 7 heteroatoms. The average Bonchev–Trinajstić information content (AvgIpc) is 3.51. The van der Waals surface area contributed by atoms with Gasteiger partial charge in [0.25, 0.3) is 5.88 Å². The number of carbonyl (C=O) groups excluding carboxylic acids is 1. The van der Waals surface area contributed by atoms with Gasteiger partial charge in [0.2, 0.25) is 6.23 Å². The van der Waals surface area contributed by atoms with E-state index in [9.17, 15) is 4.79 Å². The zero-order valence-corrected chi connectivity index (χ0v) is 27.4. The van der Waals surface area contributed by atoms with Gasteiger partial charge in [-0.2, -0.15) is 4.37 Å². The fourth-order valence-electron chi connectivity index (χ4n) is 6.16. The van der Waals surface area contributed by atoms with E-state index < -0.39 is 5.41 Å². The smallest absolute Gasteiger partial charge is 0.325 e. The van der Waals surface area contributed by atoms with Crippen molar-refractivity contribution >= 4 is 23.3 Å². The van der Waals surface area contributed by atoms with Crippen molar-refractivity contribution in [2.75, 3.05) is 26.7 Å². The molecule has 1 aliphatic rings. The summed E-state index contributed by atoms with van der Waals surface area (Å²) in [5, 5.41) is 0. The SMILES string of the molecule is CCCCCCOc1nsnc1C1=CCC[N+](C)(C(C)OC(=O)C(CCCCCC)(c2ccccc2)c2ccccc2)C1. The second kappa shape index (κ2) is 16.2. The summed E-state index contributed by atoms with van der Waals surface area (Å²) in [6, 6.07) is 20.4. The number of aromatic nitrogens is 2. The van der Waals surface area contributed by atoms with Crippen LogP contribution >= 0.6 is 11.7 Å². The zero-order chi connectivity index (χ0) is 30.5. The van der Waals surface area contributed by atoms with Gasteiger partial charge in [-0.3, -0.25) is 9.28 Å². The van der Waals surface area contributed by atoms with Crippen molar-refractivity contribution in [1.82, 2.24) is 8.75 Å². The summed E-state index contributed by atoms with van der Waals surface area (Å²) in [7, 11) is 2.18. The lowest BCUT2D eigenvalue weighted by atomic mass is 9.71. The van der Waals surface area contributed by atoms with Crippen LogP contribution < -0.4 is 4.74 Å². The third-order valence-corrected chi connectivity index (χ3v) is 9.52. The Bertz CT molecular complexity index is 1250. The molecule has 0 radical (unpaired) electrons. The van der Waals surface area contributed by atoms with Gasteiger partial charge in [0, 0.05) is 18.9 Å². The number of hydrogen-bond donors (Lipinski definition) is 0. The molecule has 6 nitrogen and oxygen atoms in total. The predicted molar refractivity (Wildman–Crippen MR) is 176 cm³/mol. The summed E-state index contributed by atoms with van der Waals surface area (Å²) in [6.45, 7) is 8.71. The number of quaternary nitrogens is 1. The van der Waals surface area contributed by atoms with Crippen molar-refractivity contribution in [3.05, 3.63) is 83.6 Å². The second-order valence-corrected chi connectivity index (χ2v) is 12.7. The van der Waals surface area contributed by atoms with E-state index in [1.807, 2.05) is 43.3 Å². The Balaban J connectivity index is 1.55. The Kier molecular flexibility index (Phi) is 12.4. The lowest BCUT2D eigenvalue weighted by molar-refractivity contribution is -0.944. The molecule has 2 unspecified atom stereocenters. The van der Waals surface area contributed by atoms with Gasteiger partial charge < -0.3 is 9.47 Å². The van der Waals surface area contributed by atoms with E-state index in [0.717, 1.165) is 73.9 Å². The van der Waals surface area contributed by atoms with Crippen LogP contribution in [0.1, 0.15) is 102 Å². The Labute approximate surface area is 263 Å². The number of benzene rings is 2. The number of esters is 1. The van der Waals surface area contributed by atoms with Gasteiger partial charge in [0.05, 0.1) is 31.9 Å². The van der Waals surface area contributed by atoms with Crippen LogP contribution in [0.4, 0.5) is 0 Å². The van der Waals surface area contributed by atoms with Crippen LogP contribution in [-0.4, -0.2) is 52.2 Å². The first-order chi connectivity index (χ1) is 20.9. The Hall–Kier alpha value is -3.03. The van der Waals surface area contributed by atoms with Gasteiger partial charge in [-0.25, -0.2) is 0 Å². The fourth-order valence-corrected chi connectivity index (χ4v) is 6.69. The molecule has 3 aromatic rings. The molecule has 4 rings (SSSR count). The van der Waals surface area contributed by atoms with Gasteiger partial charge in [-0.15, -0.1) is 4.37 Å². The maximum Gasteiger partial charge on any atom is 0.325 e. The molecule has 2 atom stereocenters. The van der Waals surface area contributed by atoms with Crippen LogP contribution in [0.25, 0.3) is 5.57 Å². The van der Waals surface area contributed by atoms with Gasteiger partial charge in [-0.1, -0.05) is 126 Å². The minimum atomic E-state index is -0.865. The van der Waals surface area contributed by atoms with Crippen LogP contribution in [0.15, 0.2) is 66.7 Å². The maximum absolute atomic E-state index is 14.6. The third kappa shape index (κ3) is 8.12. The molecule has 1 aromatic heterocycles. The first-order valence-corrected chi connectivity index (χ1v) is 17.0. The molecular weight excluding hydrogens is 554 g/mol. The van der Waals surface area contributed by atoms with E-state index in [-0.39, 0.29) is 12.2 Å². The fraction of sp³-hybridized carbons (Fsp3) is 0.528. The number of nitrogens with zero attached hydrogens (tertiary/aromatic N) is 3. The van der Waals surface area contributed by atoms with Crippen LogP contribution in [0, 0.1) is 0 Å². The molecule has 0 bridgehead atoms. The van der Waals surface area contributed by atoms with Crippen LogP contribution in [0.3, 0.4) is 0 Å². The highest BCUT2D eigenvalue weighted by Gasteiger charge is 2.46. The normalized spacial score (nSPS) is 17.7. The number of likely N-dealkylation sites (N-methyl/N-ethyl adjacent to an activating group) is 1. The molecule has 0 N–H and O–H groups in total. The Morgan fingerprint density at radius 1 is 0.907 bits per heavy atom. The standard InChI is InChI=1S/C36H50N3O3S/c1-5-7-9-17-25-36(31-21-13-11-14-22-31,32-23-15-12-16-24-32)35(40)42-29(3)39(4)26-19-20-30(28-39)33-34(38-43-37-33)41-27-18-10-8-6-2/h11-16,20-24,29H,5-10,17-19,25-28H2,1-4H3/q+1. The molecule has 1 aliphatic heterocycles. The minimum absolute atomic E-state index is 0.171. The van der Waals surface area contributed by atoms with Gasteiger partial charge in [0.15, 0.2) is 0 Å². The quantitative estimate of drug-likeness (QED) is 0.0877. The molecule has 0 saturated heterocycles. The third-order valence-electron chi connectivity index (χ3n) is 9.00. The van der Waals surface area contributed by atoms with E-state index in [4.69, 9.17) is 9.47 Å². The van der Waals surface area contributed by atoms with Crippen LogP contribution in [0.2, 0.25) is 0 Å². The Morgan fingerprint density at radius 3 is 2.16 bits per heavy atom. The molecule has 0 amide bonds. The van der Waals surface area contributed by atoms with Crippen molar-refractivity contribution in [3.63, 3.8) is 0 Å². The summed E-state index contributed by atoms with van der Waals surface area (Å²) in [4.78, 5) is 14.6. The topological polar surface area (TPSA) is 61.3 Å². The molecular formula is C36H50N3O3S+. The van der Waals surface area contributed by atoms with Gasteiger partial charge >= 0.3 is 5.97 Å². The summed E-state index contributed by atoms with van der Waals surface area (Å²) in [6.07, 6.45) is 12.5. The summed E-state index contributed by atoms with van der Waals surface area (Å²) in [5.41, 5.74) is 3.07. The summed E-state index contributed by atoms with van der Waals surface area (Å²) < 4.78 is 22.3. The average molecular weight is 605 g/mol. The van der Waals surface area contributed by atoms with E-state index in [1.165, 1.54) is 24.6 Å². The number of unbranched alkanes of at least 4 members (excludes halogenated alkanes) is 6. The number of ether oxygens (including phenoxy) is 2. The van der Waals surface area contributed by atoms with E-state index >= 15 is 0 Å². The molecule has 0 fully saturated rings. The number of rotatable bonds is 17. The van der Waals surface area contributed by atoms with E-state index in [0.29, 0.717) is 29.9 Å². The molecule has 0 saturated carbocycles. The van der Waals surface area contributed by atoms with Crippen LogP contribution in [0.5, 0.6) is 5.88 Å². The van der Waals surface area contributed by atoms with Crippen LogP contribution in [-0.2, 0) is 14.9 Å². The molecule has 0 spiro atoms. The maximum atomic E-state index is 14.6. The number of carbonyl (C=O) groups is 1. The monoisotopic (exact) mass is 604 g/mol. The second-order valence-electron chi connectivity index (χ2n) is 12.2. The highest BCUT2D eigenvalue weighted by molar-refractivity contribution is 6.99. The van der Waals surface area contributed by atoms with Crippen molar-refractivity contribution < 1.29 is 18.8 Å². The van der Waals surface area contributed by atoms with Crippen molar-refractivity contribution in [3.8, 4) is 5.88 Å². The summed E-state index contributed by atoms with van der Waals surface area (Å²) in [5.74, 6) is 0.459. The molecule has 43 heavy (non-hydrogen) atoms. The highest BCUT2D eigenvalue weighted by atomic mass is 32.1. The largest absolute Gasteiger partial charge is 0.475 e. The van der Waals surface area contributed by atoms with Crippen molar-refractivity contribution in [2.24, 2.45) is 0 Å². The van der Waals surface area contributed by atoms with Gasteiger partial charge in [-0.05, 0) is 24.0 Å². The van der Waals surface area contributed by atoms with Gasteiger partial charge in [0.1, 0.15) is 17.7 Å². The van der Waals surface area contributed by atoms with E-state index in [2.05, 4.69) is 60.0 Å². The number of hydrogen-bond acceptors (Lipinski definition) is 6. The first-order valence-electron chi connectivity index (χ1n) is 16.3. The Morgan fingerprint density at radius 2 is 1.53 bits per heavy atom. The first kappa shape index (κ1) is 32.9. The lowest BCUT2D eigenvalue weighted by Gasteiger charge is -2.43. The van der Waals surface area contributed by atoms with Crippen molar-refractivity contribution in [1.29, 1.82) is 0 Å². The molecule has 2 aromatic carbocycles. The zero-order valence-electron chi connectivity index (χ0n) is 26.6. The molecule has 232 valence electrons. The highest BCUT2D eigenvalue weighted by Crippen LogP contribution is 2.40. The molecule has 2 heterocycles. The van der Waals surface area contributed by atoms with Crippen molar-refractivity contribution in [2.45, 2.75) is 96.6 Å². The lowest BCUT2D eigenvalue weighted by Crippen LogP contribution is -2.56. The summed E-state index contributed by atoms with van der Waals surface area (Å²) >= 11 is 1.20.